The van der Waals surface area contributed by atoms with Gasteiger partial charge < -0.3 is 0 Å². The first-order valence-electron chi connectivity index (χ1n) is 1.77. The summed E-state index contributed by atoms with van der Waals surface area (Å²) in [5.41, 5.74) is -3.14. The van der Waals surface area contributed by atoms with Crippen molar-refractivity contribution in [3.63, 3.8) is 0 Å². The lowest BCUT2D eigenvalue weighted by atomic mass is 10.4. The molecule has 0 aliphatic carbocycles. The van der Waals surface area contributed by atoms with Gasteiger partial charge in [0.25, 0.3) is 0 Å². The molecule has 0 rings (SSSR count). The first kappa shape index (κ1) is 9.00. The molecule has 0 fully saturated rings. The summed E-state index contributed by atoms with van der Waals surface area (Å²) in [7, 11) is 0. The summed E-state index contributed by atoms with van der Waals surface area (Å²) in [6.45, 7) is 0. The molecule has 0 nitrogen and oxygen atoms in total. The van der Waals surface area contributed by atoms with Crippen LogP contribution >= 0.6 is 12.6 Å². The summed E-state index contributed by atoms with van der Waals surface area (Å²) in [6, 6.07) is 0. The Bertz CT molecular complexity index is 80.2. The molecule has 55 valence electrons. The molecule has 1 unspecified atom stereocenters. The van der Waals surface area contributed by atoms with Gasteiger partial charge in [0.2, 0.25) is 5.50 Å². The van der Waals surface area contributed by atoms with Crippen LogP contribution in [0.2, 0.25) is 0 Å². The fourth-order valence-electron chi connectivity index (χ4n) is 0.0900. The Hall–Kier alpha value is -0.0000000000000000555. The van der Waals surface area contributed by atoms with Gasteiger partial charge in [-0.1, -0.05) is 0 Å². The van der Waals surface area contributed by atoms with Crippen LogP contribution in [-0.4, -0.2) is 11.4 Å². The fraction of sp³-hybridized carbons (Fsp3) is 0.667. The maximum atomic E-state index is 11.4. The summed E-state index contributed by atoms with van der Waals surface area (Å²) >= 11 is 2.50. The van der Waals surface area contributed by atoms with E-state index in [2.05, 4.69) is 12.6 Å². The van der Waals surface area contributed by atoms with E-state index < -0.39 is 17.9 Å². The largest absolute Gasteiger partial charge is 0.382 e. The first-order valence-corrected chi connectivity index (χ1v) is 2.29. The minimum atomic E-state index is -4.72. The van der Waals surface area contributed by atoms with E-state index in [-0.39, 0.29) is 0 Å². The van der Waals surface area contributed by atoms with Gasteiger partial charge in [-0.25, -0.2) is 4.39 Å². The van der Waals surface area contributed by atoms with Crippen molar-refractivity contribution in [1.29, 1.82) is 0 Å². The van der Waals surface area contributed by atoms with Crippen molar-refractivity contribution in [2.45, 2.75) is 11.4 Å². The van der Waals surface area contributed by atoms with Crippen LogP contribution in [0.4, 0.5) is 22.0 Å². The number of thiol groups is 1. The lowest BCUT2D eigenvalue weighted by Crippen LogP contribution is -2.29. The van der Waals surface area contributed by atoms with Gasteiger partial charge in [-0.15, -0.1) is 12.6 Å². The highest BCUT2D eigenvalue weighted by Crippen LogP contribution is 2.35. The third kappa shape index (κ3) is 2.00. The summed E-state index contributed by atoms with van der Waals surface area (Å²) in [5, 5.41) is 0. The minimum absolute atomic E-state index is 2.50. The van der Waals surface area contributed by atoms with E-state index in [1.54, 1.807) is 0 Å². The van der Waals surface area contributed by atoms with E-state index in [4.69, 9.17) is 0 Å². The highest BCUT2D eigenvalue weighted by atomic mass is 32.1. The molecule has 0 N–H and O–H groups in total. The van der Waals surface area contributed by atoms with Gasteiger partial charge in [-0.3, -0.25) is 0 Å². The lowest BCUT2D eigenvalue weighted by molar-refractivity contribution is -0.0859. The van der Waals surface area contributed by atoms with Crippen molar-refractivity contribution in [2.24, 2.45) is 0 Å². The molecule has 1 radical (unpaired) electrons. The molecule has 0 spiro atoms. The SMILES string of the molecule is F[C](F)C(F)(F)C(F)S. The molecule has 9 heavy (non-hydrogen) atoms. The predicted molar refractivity (Wildman–Crippen MR) is 24.3 cm³/mol. The first-order chi connectivity index (χ1) is 3.89. The monoisotopic (exact) mass is 165 g/mol. The van der Waals surface area contributed by atoms with E-state index in [0.29, 0.717) is 0 Å². The number of rotatable bonds is 2. The fourth-order valence-corrected chi connectivity index (χ4v) is 0.188. The average Bonchev–Trinajstić information content (AvgIpc) is 1.65. The average molecular weight is 165 g/mol. The van der Waals surface area contributed by atoms with Crippen LogP contribution in [0.15, 0.2) is 0 Å². The van der Waals surface area contributed by atoms with Gasteiger partial charge >= 0.3 is 12.3 Å². The summed E-state index contributed by atoms with van der Waals surface area (Å²) in [5.74, 6) is -4.72. The van der Waals surface area contributed by atoms with E-state index in [1.807, 2.05) is 0 Å². The summed E-state index contributed by atoms with van der Waals surface area (Å²) in [6.07, 6.45) is -3.26. The highest BCUT2D eigenvalue weighted by molar-refractivity contribution is 7.80. The second-order valence-corrected chi connectivity index (χ2v) is 1.67. The Morgan fingerprint density at radius 2 is 1.67 bits per heavy atom. The van der Waals surface area contributed by atoms with Crippen molar-refractivity contribution in [3.8, 4) is 0 Å². The molecule has 0 amide bonds. The molecule has 0 aromatic carbocycles. The summed E-state index contributed by atoms with van der Waals surface area (Å²) < 4.78 is 56.1. The van der Waals surface area contributed by atoms with Crippen LogP contribution in [0.5, 0.6) is 0 Å². The maximum absolute atomic E-state index is 11.4. The van der Waals surface area contributed by atoms with Crippen LogP contribution in [0.3, 0.4) is 0 Å². The van der Waals surface area contributed by atoms with Crippen LogP contribution in [0.25, 0.3) is 0 Å². The maximum Gasteiger partial charge on any atom is 0.382 e. The van der Waals surface area contributed by atoms with Crippen molar-refractivity contribution in [3.05, 3.63) is 6.43 Å². The third-order valence-corrected chi connectivity index (χ3v) is 0.875. The topological polar surface area (TPSA) is 0 Å². The molecule has 1 atom stereocenters. The second kappa shape index (κ2) is 2.72. The molecule has 0 aliphatic rings. The van der Waals surface area contributed by atoms with Crippen molar-refractivity contribution in [1.82, 2.24) is 0 Å². The Labute approximate surface area is 53.5 Å². The van der Waals surface area contributed by atoms with E-state index in [0.717, 1.165) is 0 Å². The Morgan fingerprint density at radius 3 is 1.67 bits per heavy atom. The van der Waals surface area contributed by atoms with Gasteiger partial charge in [0.1, 0.15) is 0 Å². The third-order valence-electron chi connectivity index (χ3n) is 0.551. The standard InChI is InChI=1S/C3H2F5S/c4-1(5)3(7,8)2(6)9/h2,9H. The normalized spacial score (nSPS) is 16.3. The number of hydrogen-bond donors (Lipinski definition) is 1. The van der Waals surface area contributed by atoms with Crippen LogP contribution in [0.1, 0.15) is 0 Å². The quantitative estimate of drug-likeness (QED) is 0.471. The molecule has 0 aromatic rings. The Morgan fingerprint density at radius 1 is 1.33 bits per heavy atom. The second-order valence-electron chi connectivity index (χ2n) is 1.22. The number of alkyl halides is 3. The molecular formula is C3H2F5S. The van der Waals surface area contributed by atoms with Crippen molar-refractivity contribution < 1.29 is 22.0 Å². The Balaban J connectivity index is 4.01. The van der Waals surface area contributed by atoms with Crippen molar-refractivity contribution in [2.75, 3.05) is 0 Å². The molecule has 6 heteroatoms. The molecule has 0 heterocycles. The van der Waals surface area contributed by atoms with Gasteiger partial charge in [0.05, 0.1) is 0 Å². The van der Waals surface area contributed by atoms with E-state index in [1.165, 1.54) is 0 Å². The summed E-state index contributed by atoms with van der Waals surface area (Å²) in [4.78, 5) is 0. The molecule has 0 saturated heterocycles. The Kier molecular flexibility index (Phi) is 2.72. The van der Waals surface area contributed by atoms with Crippen LogP contribution in [-0.2, 0) is 0 Å². The van der Waals surface area contributed by atoms with E-state index in [9.17, 15) is 22.0 Å². The molecule has 0 aliphatic heterocycles. The molecule has 0 saturated carbocycles. The highest BCUT2D eigenvalue weighted by Gasteiger charge is 2.49. The zero-order valence-corrected chi connectivity index (χ0v) is 4.81. The molecule has 0 aromatic heterocycles. The van der Waals surface area contributed by atoms with Crippen LogP contribution in [0, 0.1) is 6.43 Å². The van der Waals surface area contributed by atoms with Gasteiger partial charge in [-0.2, -0.15) is 17.6 Å². The van der Waals surface area contributed by atoms with Gasteiger partial charge in [0, 0.05) is 0 Å². The minimum Gasteiger partial charge on any atom is -0.229 e. The van der Waals surface area contributed by atoms with Crippen molar-refractivity contribution >= 4 is 12.6 Å². The van der Waals surface area contributed by atoms with Gasteiger partial charge in [-0.05, 0) is 0 Å². The zero-order chi connectivity index (χ0) is 7.65. The molecule has 0 bridgehead atoms. The predicted octanol–water partition coefficient (Wildman–Crippen LogP) is 2.28. The van der Waals surface area contributed by atoms with E-state index >= 15 is 0 Å². The number of hydrogen-bond acceptors (Lipinski definition) is 1. The smallest absolute Gasteiger partial charge is 0.229 e. The molecular weight excluding hydrogens is 163 g/mol. The lowest BCUT2D eigenvalue weighted by Gasteiger charge is -2.12. The van der Waals surface area contributed by atoms with Crippen LogP contribution < -0.4 is 0 Å². The zero-order valence-electron chi connectivity index (χ0n) is 3.91. The number of halogens is 5. The van der Waals surface area contributed by atoms with Gasteiger partial charge in [0.15, 0.2) is 0 Å².